The molecular weight excluding hydrogens is 312 g/mol. The molecule has 2 atom stereocenters. The highest BCUT2D eigenvalue weighted by atomic mass is 16.7. The zero-order valence-corrected chi connectivity index (χ0v) is 14.8. The lowest BCUT2D eigenvalue weighted by Gasteiger charge is -2.49. The van der Waals surface area contributed by atoms with E-state index in [0.717, 1.165) is 12.8 Å². The van der Waals surface area contributed by atoms with E-state index in [2.05, 4.69) is 6.58 Å². The molecule has 6 nitrogen and oxygen atoms in total. The monoisotopic (exact) mass is 338 g/mol. The standard InChI is InChI=1S/C18H26O6/c1-11-12-7-6-8-13(12)17(14(19)21-4,15(20)22-5)18(11)23-9-16(2,3)10-24-18/h12-13H,1,6-10H2,2-5H3/t12-,13+/m1/s1. The van der Waals surface area contributed by atoms with Crippen LogP contribution in [0.25, 0.3) is 0 Å². The molecule has 0 radical (unpaired) electrons. The third-order valence-corrected chi connectivity index (χ3v) is 5.81. The summed E-state index contributed by atoms with van der Waals surface area (Å²) in [6.45, 7) is 8.93. The largest absolute Gasteiger partial charge is 0.468 e. The first-order valence-electron chi connectivity index (χ1n) is 8.41. The van der Waals surface area contributed by atoms with Gasteiger partial charge < -0.3 is 18.9 Å². The molecule has 1 spiro atoms. The SMILES string of the molecule is C=C1[C@H]2CCC[C@@H]2C(C(=O)OC)(C(=O)OC)C12OCC(C)(C)CO2. The van der Waals surface area contributed by atoms with Crippen LogP contribution in [0.2, 0.25) is 0 Å². The van der Waals surface area contributed by atoms with Crippen LogP contribution in [0.3, 0.4) is 0 Å². The molecule has 1 heterocycles. The van der Waals surface area contributed by atoms with Crippen molar-refractivity contribution in [3.63, 3.8) is 0 Å². The Morgan fingerprint density at radius 3 is 2.12 bits per heavy atom. The smallest absolute Gasteiger partial charge is 0.329 e. The topological polar surface area (TPSA) is 71.1 Å². The summed E-state index contributed by atoms with van der Waals surface area (Å²) in [5.41, 5.74) is -1.19. The van der Waals surface area contributed by atoms with Crippen LogP contribution in [0.15, 0.2) is 12.2 Å². The van der Waals surface area contributed by atoms with Crippen LogP contribution in [-0.4, -0.2) is 45.2 Å². The molecule has 3 rings (SSSR count). The molecule has 0 amide bonds. The molecule has 0 aromatic heterocycles. The van der Waals surface area contributed by atoms with Crippen LogP contribution < -0.4 is 0 Å². The Labute approximate surface area is 142 Å². The van der Waals surface area contributed by atoms with Crippen LogP contribution in [0.4, 0.5) is 0 Å². The fourth-order valence-corrected chi connectivity index (χ4v) is 4.70. The molecular formula is C18H26O6. The third-order valence-electron chi connectivity index (χ3n) is 5.81. The van der Waals surface area contributed by atoms with Crippen molar-refractivity contribution in [3.05, 3.63) is 12.2 Å². The molecule has 24 heavy (non-hydrogen) atoms. The van der Waals surface area contributed by atoms with Crippen molar-refractivity contribution >= 4 is 11.9 Å². The first-order chi connectivity index (χ1) is 11.3. The maximum Gasteiger partial charge on any atom is 0.329 e. The van der Waals surface area contributed by atoms with Gasteiger partial charge in [-0.2, -0.15) is 0 Å². The minimum absolute atomic E-state index is 0.00980. The summed E-state index contributed by atoms with van der Waals surface area (Å²) in [6.07, 6.45) is 2.49. The van der Waals surface area contributed by atoms with E-state index in [1.54, 1.807) is 0 Å². The van der Waals surface area contributed by atoms with E-state index in [1.807, 2.05) is 13.8 Å². The van der Waals surface area contributed by atoms with Crippen LogP contribution >= 0.6 is 0 Å². The fourth-order valence-electron chi connectivity index (χ4n) is 4.70. The molecule has 1 saturated heterocycles. The predicted octanol–water partition coefficient (Wildman–Crippen LogP) is 2.07. The van der Waals surface area contributed by atoms with E-state index >= 15 is 0 Å². The molecule has 3 aliphatic rings. The van der Waals surface area contributed by atoms with E-state index in [-0.39, 0.29) is 17.3 Å². The second-order valence-electron chi connectivity index (χ2n) is 7.82. The van der Waals surface area contributed by atoms with E-state index < -0.39 is 23.1 Å². The Hall–Kier alpha value is -1.40. The zero-order chi connectivity index (χ0) is 17.8. The molecule has 6 heteroatoms. The molecule has 0 unspecified atom stereocenters. The molecule has 3 fully saturated rings. The van der Waals surface area contributed by atoms with Crippen molar-refractivity contribution in [2.75, 3.05) is 27.4 Å². The summed E-state index contributed by atoms with van der Waals surface area (Å²) in [7, 11) is 2.55. The Kier molecular flexibility index (Phi) is 4.04. The number of hydrogen-bond acceptors (Lipinski definition) is 6. The van der Waals surface area contributed by atoms with Crippen molar-refractivity contribution in [1.82, 2.24) is 0 Å². The number of rotatable bonds is 2. The van der Waals surface area contributed by atoms with Gasteiger partial charge in [-0.3, -0.25) is 9.59 Å². The number of esters is 2. The fraction of sp³-hybridized carbons (Fsp3) is 0.778. The second-order valence-corrected chi connectivity index (χ2v) is 7.82. The Balaban J connectivity index is 2.18. The number of carbonyl (C=O) groups excluding carboxylic acids is 2. The molecule has 0 aromatic carbocycles. The van der Waals surface area contributed by atoms with Gasteiger partial charge in [0, 0.05) is 5.41 Å². The predicted molar refractivity (Wildman–Crippen MR) is 84.9 cm³/mol. The lowest BCUT2D eigenvalue weighted by Crippen LogP contribution is -2.64. The van der Waals surface area contributed by atoms with Crippen molar-refractivity contribution < 1.29 is 28.5 Å². The van der Waals surface area contributed by atoms with Crippen LogP contribution in [0.1, 0.15) is 33.1 Å². The van der Waals surface area contributed by atoms with Crippen molar-refractivity contribution in [2.45, 2.75) is 38.9 Å². The summed E-state index contributed by atoms with van der Waals surface area (Å²) in [5.74, 6) is -3.11. The Morgan fingerprint density at radius 2 is 1.62 bits per heavy atom. The van der Waals surface area contributed by atoms with Gasteiger partial charge in [0.2, 0.25) is 11.2 Å². The van der Waals surface area contributed by atoms with Crippen molar-refractivity contribution in [1.29, 1.82) is 0 Å². The summed E-state index contributed by atoms with van der Waals surface area (Å²) in [6, 6.07) is 0. The molecule has 0 aromatic rings. The number of carbonyl (C=O) groups is 2. The zero-order valence-electron chi connectivity index (χ0n) is 14.8. The molecule has 2 aliphatic carbocycles. The van der Waals surface area contributed by atoms with Gasteiger partial charge in [-0.1, -0.05) is 26.8 Å². The van der Waals surface area contributed by atoms with Crippen LogP contribution in [-0.2, 0) is 28.5 Å². The molecule has 2 saturated carbocycles. The second kappa shape index (κ2) is 5.56. The van der Waals surface area contributed by atoms with Gasteiger partial charge in [0.15, 0.2) is 0 Å². The van der Waals surface area contributed by atoms with Gasteiger partial charge in [-0.05, 0) is 30.3 Å². The molecule has 1 aliphatic heterocycles. The first kappa shape index (κ1) is 17.4. The highest BCUT2D eigenvalue weighted by Gasteiger charge is 2.79. The highest BCUT2D eigenvalue weighted by molar-refractivity contribution is 6.03. The maximum absolute atomic E-state index is 12.9. The number of hydrogen-bond donors (Lipinski definition) is 0. The minimum atomic E-state index is -1.65. The average Bonchev–Trinajstić information content (AvgIpc) is 3.11. The average molecular weight is 338 g/mol. The normalized spacial score (nSPS) is 32.4. The summed E-state index contributed by atoms with van der Waals surface area (Å²) < 4.78 is 22.4. The summed E-state index contributed by atoms with van der Waals surface area (Å²) in [5, 5.41) is 0. The van der Waals surface area contributed by atoms with Gasteiger partial charge >= 0.3 is 11.9 Å². The first-order valence-corrected chi connectivity index (χ1v) is 8.41. The van der Waals surface area contributed by atoms with Gasteiger partial charge in [-0.15, -0.1) is 0 Å². The number of ether oxygens (including phenoxy) is 4. The third kappa shape index (κ3) is 1.96. The molecule has 134 valence electrons. The van der Waals surface area contributed by atoms with Gasteiger partial charge in [0.1, 0.15) is 0 Å². The van der Waals surface area contributed by atoms with E-state index in [1.165, 1.54) is 14.2 Å². The van der Waals surface area contributed by atoms with E-state index in [9.17, 15) is 9.59 Å². The minimum Gasteiger partial charge on any atom is -0.468 e. The van der Waals surface area contributed by atoms with Crippen molar-refractivity contribution in [3.8, 4) is 0 Å². The van der Waals surface area contributed by atoms with Crippen molar-refractivity contribution in [2.24, 2.45) is 22.7 Å². The van der Waals surface area contributed by atoms with Crippen LogP contribution in [0, 0.1) is 22.7 Å². The lowest BCUT2D eigenvalue weighted by atomic mass is 9.72. The van der Waals surface area contributed by atoms with E-state index in [0.29, 0.717) is 25.2 Å². The van der Waals surface area contributed by atoms with Gasteiger partial charge in [-0.25, -0.2) is 0 Å². The molecule has 0 N–H and O–H groups in total. The Morgan fingerprint density at radius 1 is 1.08 bits per heavy atom. The lowest BCUT2D eigenvalue weighted by molar-refractivity contribution is -0.317. The quantitative estimate of drug-likeness (QED) is 0.436. The van der Waals surface area contributed by atoms with Crippen LogP contribution in [0.5, 0.6) is 0 Å². The van der Waals surface area contributed by atoms with Gasteiger partial charge in [0.25, 0.3) is 0 Å². The molecule has 0 bridgehead atoms. The Bertz CT molecular complexity index is 552. The van der Waals surface area contributed by atoms with E-state index in [4.69, 9.17) is 18.9 Å². The highest BCUT2D eigenvalue weighted by Crippen LogP contribution is 2.65. The summed E-state index contributed by atoms with van der Waals surface area (Å²) in [4.78, 5) is 25.9. The number of fused-ring (bicyclic) bond motifs is 1. The summed E-state index contributed by atoms with van der Waals surface area (Å²) >= 11 is 0. The maximum atomic E-state index is 12.9. The number of methoxy groups -OCH3 is 2. The van der Waals surface area contributed by atoms with Gasteiger partial charge in [0.05, 0.1) is 27.4 Å².